The molecule has 0 spiro atoms. The molecule has 0 radical (unpaired) electrons. The van der Waals surface area contributed by atoms with E-state index in [9.17, 15) is 0 Å². The van der Waals surface area contributed by atoms with Gasteiger partial charge >= 0.3 is 0 Å². The van der Waals surface area contributed by atoms with Gasteiger partial charge in [0.15, 0.2) is 0 Å². The van der Waals surface area contributed by atoms with E-state index in [0.29, 0.717) is 5.92 Å². The van der Waals surface area contributed by atoms with Crippen LogP contribution in [-0.2, 0) is 12.0 Å². The van der Waals surface area contributed by atoms with Crippen LogP contribution in [-0.4, -0.2) is 9.55 Å². The number of aromatic nitrogens is 2. The lowest BCUT2D eigenvalue weighted by atomic mass is 9.81. The van der Waals surface area contributed by atoms with Gasteiger partial charge in [0, 0.05) is 17.7 Å². The number of unbranched alkanes of at least 4 members (excludes halogenated alkanes) is 3. The molecule has 0 saturated carbocycles. The van der Waals surface area contributed by atoms with Crippen LogP contribution in [0.15, 0.2) is 6.33 Å². The van der Waals surface area contributed by atoms with E-state index in [-0.39, 0.29) is 5.41 Å². The first-order valence-electron chi connectivity index (χ1n) is 8.49. The fourth-order valence-corrected chi connectivity index (χ4v) is 2.96. The van der Waals surface area contributed by atoms with Crippen LogP contribution in [0, 0.1) is 0 Å². The highest BCUT2D eigenvalue weighted by molar-refractivity contribution is 5.25. The first-order chi connectivity index (χ1) is 9.44. The summed E-state index contributed by atoms with van der Waals surface area (Å²) in [6, 6.07) is 0. The molecule has 0 aliphatic rings. The molecule has 2 heteroatoms. The van der Waals surface area contributed by atoms with Gasteiger partial charge in [0.2, 0.25) is 0 Å². The van der Waals surface area contributed by atoms with Crippen molar-refractivity contribution in [2.75, 3.05) is 0 Å². The largest absolute Gasteiger partial charge is 0.334 e. The van der Waals surface area contributed by atoms with E-state index in [4.69, 9.17) is 4.98 Å². The molecule has 0 atom stereocenters. The van der Waals surface area contributed by atoms with Crippen LogP contribution in [0.25, 0.3) is 0 Å². The third-order valence-corrected chi connectivity index (χ3v) is 4.22. The Labute approximate surface area is 126 Å². The molecule has 1 aromatic rings. The summed E-state index contributed by atoms with van der Waals surface area (Å²) in [6.45, 7) is 15.0. The lowest BCUT2D eigenvalue weighted by molar-refractivity contribution is 0.432. The fraction of sp³-hybridized carbons (Fsp3) is 0.833. The molecule has 2 nitrogen and oxygen atoms in total. The normalized spacial score (nSPS) is 12.3. The predicted molar refractivity (Wildman–Crippen MR) is 88.4 cm³/mol. The van der Waals surface area contributed by atoms with Crippen molar-refractivity contribution in [1.82, 2.24) is 9.55 Å². The van der Waals surface area contributed by atoms with Gasteiger partial charge in [0.1, 0.15) is 0 Å². The average molecular weight is 278 g/mol. The van der Waals surface area contributed by atoms with Crippen molar-refractivity contribution in [3.8, 4) is 0 Å². The predicted octanol–water partition coefficient (Wildman–Crippen LogP) is 5.66. The molecule has 1 aromatic heterocycles. The summed E-state index contributed by atoms with van der Waals surface area (Å²) < 4.78 is 2.39. The molecule has 1 rings (SSSR count). The van der Waals surface area contributed by atoms with Gasteiger partial charge < -0.3 is 4.57 Å². The maximum absolute atomic E-state index is 4.80. The van der Waals surface area contributed by atoms with Crippen LogP contribution in [0.5, 0.6) is 0 Å². The molecule has 116 valence electrons. The molecule has 1 heterocycles. The Morgan fingerprint density at radius 3 is 2.30 bits per heavy atom. The van der Waals surface area contributed by atoms with Crippen LogP contribution >= 0.6 is 0 Å². The summed E-state index contributed by atoms with van der Waals surface area (Å²) in [5, 5.41) is 0. The lowest BCUT2D eigenvalue weighted by Crippen LogP contribution is -2.21. The van der Waals surface area contributed by atoms with Gasteiger partial charge in [-0.2, -0.15) is 0 Å². The van der Waals surface area contributed by atoms with Gasteiger partial charge in [-0.1, -0.05) is 67.2 Å². The van der Waals surface area contributed by atoms with Crippen molar-refractivity contribution in [2.45, 2.75) is 97.9 Å². The minimum absolute atomic E-state index is 0.201. The van der Waals surface area contributed by atoms with Crippen LogP contribution in [0.2, 0.25) is 0 Å². The second kappa shape index (κ2) is 7.85. The van der Waals surface area contributed by atoms with Crippen molar-refractivity contribution >= 4 is 0 Å². The molecule has 0 saturated heterocycles. The number of imidazole rings is 1. The van der Waals surface area contributed by atoms with Crippen molar-refractivity contribution in [3.05, 3.63) is 17.7 Å². The van der Waals surface area contributed by atoms with E-state index in [2.05, 4.69) is 52.4 Å². The Morgan fingerprint density at radius 2 is 1.75 bits per heavy atom. The molecule has 0 unspecified atom stereocenters. The molecule has 0 aliphatic heterocycles. The molecular weight excluding hydrogens is 244 g/mol. The summed E-state index contributed by atoms with van der Waals surface area (Å²) in [4.78, 5) is 4.80. The topological polar surface area (TPSA) is 17.8 Å². The number of rotatable bonds is 9. The zero-order valence-corrected chi connectivity index (χ0v) is 14.5. The summed E-state index contributed by atoms with van der Waals surface area (Å²) in [7, 11) is 0. The minimum Gasteiger partial charge on any atom is -0.334 e. The number of aryl methyl sites for hydroxylation is 1. The quantitative estimate of drug-likeness (QED) is 0.532. The summed E-state index contributed by atoms with van der Waals surface area (Å²) in [5.74, 6) is 0.551. The van der Waals surface area contributed by atoms with Gasteiger partial charge in [-0.05, 0) is 18.8 Å². The number of nitrogens with zero attached hydrogens (tertiary/aromatic N) is 2. The minimum atomic E-state index is 0.201. The number of hydrogen-bond donors (Lipinski definition) is 0. The molecular formula is C18H34N2. The van der Waals surface area contributed by atoms with Crippen LogP contribution < -0.4 is 0 Å². The molecule has 0 amide bonds. The van der Waals surface area contributed by atoms with E-state index in [1.807, 2.05) is 0 Å². The van der Waals surface area contributed by atoms with Crippen LogP contribution in [0.1, 0.15) is 97.4 Å². The number of hydrogen-bond acceptors (Lipinski definition) is 1. The van der Waals surface area contributed by atoms with Gasteiger partial charge in [-0.25, -0.2) is 4.98 Å². The molecule has 0 aliphatic carbocycles. The SMILES string of the molecule is CCCCCC(C)(C)c1ncn(CCCC)c1C(C)C. The fourth-order valence-electron chi connectivity index (χ4n) is 2.96. The zero-order valence-electron chi connectivity index (χ0n) is 14.5. The van der Waals surface area contributed by atoms with E-state index in [1.54, 1.807) is 0 Å². The molecule has 0 aromatic carbocycles. The highest BCUT2D eigenvalue weighted by atomic mass is 15.1. The van der Waals surface area contributed by atoms with Crippen molar-refractivity contribution in [1.29, 1.82) is 0 Å². The Kier molecular flexibility index (Phi) is 6.78. The Balaban J connectivity index is 2.95. The molecule has 20 heavy (non-hydrogen) atoms. The van der Waals surface area contributed by atoms with Crippen LogP contribution in [0.3, 0.4) is 0 Å². The molecule has 0 fully saturated rings. The maximum atomic E-state index is 4.80. The van der Waals surface area contributed by atoms with E-state index in [0.717, 1.165) is 6.54 Å². The first kappa shape index (κ1) is 17.3. The Morgan fingerprint density at radius 1 is 1.10 bits per heavy atom. The van der Waals surface area contributed by atoms with Gasteiger partial charge in [0.25, 0.3) is 0 Å². The van der Waals surface area contributed by atoms with Crippen molar-refractivity contribution < 1.29 is 0 Å². The average Bonchev–Trinajstić information content (AvgIpc) is 2.81. The third-order valence-electron chi connectivity index (χ3n) is 4.22. The highest BCUT2D eigenvalue weighted by Crippen LogP contribution is 2.34. The second-order valence-electron chi connectivity index (χ2n) is 7.02. The maximum Gasteiger partial charge on any atom is 0.0951 e. The molecule has 0 bridgehead atoms. The van der Waals surface area contributed by atoms with E-state index >= 15 is 0 Å². The van der Waals surface area contributed by atoms with Gasteiger partial charge in [-0.15, -0.1) is 0 Å². The summed E-state index contributed by atoms with van der Waals surface area (Å²) in [5.41, 5.74) is 2.99. The first-order valence-corrected chi connectivity index (χ1v) is 8.49. The van der Waals surface area contributed by atoms with E-state index in [1.165, 1.54) is 49.9 Å². The highest BCUT2D eigenvalue weighted by Gasteiger charge is 2.28. The standard InChI is InChI=1S/C18H34N2/c1-7-9-11-12-18(5,6)17-16(15(3)4)20(14-19-17)13-10-8-2/h14-15H,7-13H2,1-6H3. The van der Waals surface area contributed by atoms with Crippen LogP contribution in [0.4, 0.5) is 0 Å². The lowest BCUT2D eigenvalue weighted by Gasteiger charge is -2.26. The van der Waals surface area contributed by atoms with Crippen molar-refractivity contribution in [3.63, 3.8) is 0 Å². The Bertz CT molecular complexity index is 388. The summed E-state index contributed by atoms with van der Waals surface area (Å²) in [6.07, 6.45) is 9.72. The summed E-state index contributed by atoms with van der Waals surface area (Å²) >= 11 is 0. The van der Waals surface area contributed by atoms with Crippen molar-refractivity contribution in [2.24, 2.45) is 0 Å². The monoisotopic (exact) mass is 278 g/mol. The smallest absolute Gasteiger partial charge is 0.0951 e. The second-order valence-corrected chi connectivity index (χ2v) is 7.02. The van der Waals surface area contributed by atoms with Gasteiger partial charge in [0.05, 0.1) is 12.0 Å². The zero-order chi connectivity index (χ0) is 15.2. The third kappa shape index (κ3) is 4.36. The van der Waals surface area contributed by atoms with Gasteiger partial charge in [-0.3, -0.25) is 0 Å². The molecule has 0 N–H and O–H groups in total. The Hall–Kier alpha value is -0.790. The van der Waals surface area contributed by atoms with E-state index < -0.39 is 0 Å².